The minimum Gasteiger partial charge on any atom is -0.206 e. The highest BCUT2D eigenvalue weighted by atomic mass is 19.1. The number of hydrogen-bond donors (Lipinski definition) is 0. The third-order valence-corrected chi connectivity index (χ3v) is 5.38. The quantitative estimate of drug-likeness (QED) is 0.298. The molecule has 0 unspecified atom stereocenters. The topological polar surface area (TPSA) is 0 Å². The summed E-state index contributed by atoms with van der Waals surface area (Å²) in [4.78, 5) is 0. The highest BCUT2D eigenvalue weighted by Gasteiger charge is 2.12. The van der Waals surface area contributed by atoms with Crippen LogP contribution in [0.2, 0.25) is 0 Å². The molecule has 4 rings (SSSR count). The molecule has 0 aromatic heterocycles. The lowest BCUT2D eigenvalue weighted by atomic mass is 9.98. The molecule has 0 spiro atoms. The Labute approximate surface area is 180 Å². The molecule has 0 bridgehead atoms. The molecule has 0 aliphatic carbocycles. The van der Waals surface area contributed by atoms with Crippen molar-refractivity contribution in [2.45, 2.75) is 27.2 Å². The summed E-state index contributed by atoms with van der Waals surface area (Å²) in [5, 5.41) is 2.06. The summed E-state index contributed by atoms with van der Waals surface area (Å²) in [6.07, 6.45) is 0.577. The van der Waals surface area contributed by atoms with Crippen molar-refractivity contribution in [1.29, 1.82) is 0 Å². The molecule has 31 heavy (non-hydrogen) atoms. The zero-order valence-corrected chi connectivity index (χ0v) is 17.6. The van der Waals surface area contributed by atoms with Crippen molar-refractivity contribution in [3.63, 3.8) is 0 Å². The monoisotopic (exact) mass is 414 g/mol. The molecule has 0 amide bonds. The molecule has 0 saturated heterocycles. The van der Waals surface area contributed by atoms with Gasteiger partial charge in [-0.25, -0.2) is 13.2 Å². The normalized spacial score (nSPS) is 10.8. The first-order valence-electron chi connectivity index (χ1n) is 10.2. The van der Waals surface area contributed by atoms with E-state index in [2.05, 4.69) is 17.9 Å². The molecule has 0 radical (unpaired) electrons. The maximum atomic E-state index is 14.8. The fourth-order valence-corrected chi connectivity index (χ4v) is 3.76. The first-order chi connectivity index (χ1) is 14.9. The van der Waals surface area contributed by atoms with E-state index < -0.39 is 17.5 Å². The van der Waals surface area contributed by atoms with Crippen LogP contribution in [0.5, 0.6) is 0 Å². The van der Waals surface area contributed by atoms with Crippen molar-refractivity contribution in [1.82, 2.24) is 0 Å². The van der Waals surface area contributed by atoms with E-state index in [1.54, 1.807) is 6.92 Å². The third kappa shape index (κ3) is 4.20. The molecule has 0 atom stereocenters. The van der Waals surface area contributed by atoms with E-state index in [-0.39, 0.29) is 11.1 Å². The van der Waals surface area contributed by atoms with E-state index in [9.17, 15) is 13.2 Å². The van der Waals surface area contributed by atoms with E-state index >= 15 is 0 Å². The summed E-state index contributed by atoms with van der Waals surface area (Å²) in [5.74, 6) is 3.14. The van der Waals surface area contributed by atoms with Crippen LogP contribution in [0, 0.1) is 43.1 Å². The second-order valence-corrected chi connectivity index (χ2v) is 7.76. The molecule has 154 valence electrons. The summed E-state index contributed by atoms with van der Waals surface area (Å²) in [5.41, 5.74) is 3.62. The predicted octanol–water partition coefficient (Wildman–Crippen LogP) is 7.50. The van der Waals surface area contributed by atoms with Crippen LogP contribution in [0.1, 0.15) is 34.7 Å². The van der Waals surface area contributed by atoms with Crippen molar-refractivity contribution in [2.75, 3.05) is 0 Å². The van der Waals surface area contributed by atoms with Crippen LogP contribution in [0.15, 0.2) is 60.7 Å². The summed E-state index contributed by atoms with van der Waals surface area (Å²) >= 11 is 0. The molecule has 0 nitrogen and oxygen atoms in total. The second-order valence-electron chi connectivity index (χ2n) is 7.76. The Bertz CT molecular complexity index is 1350. The average molecular weight is 414 g/mol. The molecule has 3 heteroatoms. The van der Waals surface area contributed by atoms with E-state index in [0.29, 0.717) is 23.1 Å². The van der Waals surface area contributed by atoms with Gasteiger partial charge < -0.3 is 0 Å². The van der Waals surface area contributed by atoms with Gasteiger partial charge in [-0.15, -0.1) is 0 Å². The molecule has 0 aliphatic rings. The number of aryl methyl sites for hydroxylation is 3. The zero-order chi connectivity index (χ0) is 22.1. The van der Waals surface area contributed by atoms with Crippen LogP contribution in [0.4, 0.5) is 13.2 Å². The van der Waals surface area contributed by atoms with E-state index in [1.165, 1.54) is 18.2 Å². The fourth-order valence-electron chi connectivity index (χ4n) is 3.76. The van der Waals surface area contributed by atoms with Crippen molar-refractivity contribution in [2.24, 2.45) is 0 Å². The molecule has 0 N–H and O–H groups in total. The molecular formula is C28H21F3. The summed E-state index contributed by atoms with van der Waals surface area (Å²) in [6, 6.07) is 17.5. The van der Waals surface area contributed by atoms with Crippen molar-refractivity contribution in [3.05, 3.63) is 106 Å². The van der Waals surface area contributed by atoms with E-state index in [0.717, 1.165) is 21.9 Å². The molecule has 4 aromatic rings. The van der Waals surface area contributed by atoms with Crippen molar-refractivity contribution >= 4 is 10.8 Å². The highest BCUT2D eigenvalue weighted by Crippen LogP contribution is 2.28. The Kier molecular flexibility index (Phi) is 5.57. The van der Waals surface area contributed by atoms with Gasteiger partial charge in [0.15, 0.2) is 0 Å². The number of halogens is 3. The van der Waals surface area contributed by atoms with Crippen molar-refractivity contribution < 1.29 is 13.2 Å². The van der Waals surface area contributed by atoms with Gasteiger partial charge >= 0.3 is 0 Å². The van der Waals surface area contributed by atoms with Gasteiger partial charge in [0.2, 0.25) is 0 Å². The Balaban J connectivity index is 1.75. The Morgan fingerprint density at radius 2 is 1.23 bits per heavy atom. The SMILES string of the molecule is CCc1cc(C)cc(F)c1C#Cc1c(F)cc(-c2ccc3cc(C)ccc3c2)cc1F. The van der Waals surface area contributed by atoms with Crippen LogP contribution in [-0.4, -0.2) is 0 Å². The maximum absolute atomic E-state index is 14.8. The summed E-state index contributed by atoms with van der Waals surface area (Å²) in [7, 11) is 0. The maximum Gasteiger partial charge on any atom is 0.142 e. The number of fused-ring (bicyclic) bond motifs is 1. The minimum atomic E-state index is -0.767. The first-order valence-corrected chi connectivity index (χ1v) is 10.2. The lowest BCUT2D eigenvalue weighted by Gasteiger charge is -2.08. The molecule has 0 fully saturated rings. The Hall–Kier alpha value is -3.51. The molecule has 4 aromatic carbocycles. The smallest absolute Gasteiger partial charge is 0.142 e. The molecular weight excluding hydrogens is 393 g/mol. The molecule has 0 aliphatic heterocycles. The third-order valence-electron chi connectivity index (χ3n) is 5.38. The standard InChI is InChI=1S/C28H21F3/c1-4-19-12-18(3)13-26(29)24(19)9-10-25-27(30)15-23(16-28(25)31)22-8-7-20-11-17(2)5-6-21(20)14-22/h5-8,11-16H,4H2,1-3H3. The summed E-state index contributed by atoms with van der Waals surface area (Å²) < 4.78 is 43.9. The second kappa shape index (κ2) is 8.32. The van der Waals surface area contributed by atoms with Gasteiger partial charge in [0.25, 0.3) is 0 Å². The van der Waals surface area contributed by atoms with E-state index in [1.807, 2.05) is 50.2 Å². The lowest BCUT2D eigenvalue weighted by molar-refractivity contribution is 0.578. The summed E-state index contributed by atoms with van der Waals surface area (Å²) in [6.45, 7) is 5.70. The van der Waals surface area contributed by atoms with Crippen LogP contribution in [0.25, 0.3) is 21.9 Å². The molecule has 0 heterocycles. The predicted molar refractivity (Wildman–Crippen MR) is 121 cm³/mol. The Morgan fingerprint density at radius 1 is 0.613 bits per heavy atom. The number of hydrogen-bond acceptors (Lipinski definition) is 0. The van der Waals surface area contributed by atoms with Gasteiger partial charge in [0, 0.05) is 0 Å². The molecule has 0 saturated carbocycles. The van der Waals surface area contributed by atoms with E-state index in [4.69, 9.17) is 0 Å². The van der Waals surface area contributed by atoms with Gasteiger partial charge in [0.05, 0.1) is 11.1 Å². The fraction of sp³-hybridized carbons (Fsp3) is 0.143. The van der Waals surface area contributed by atoms with Gasteiger partial charge in [-0.3, -0.25) is 0 Å². The largest absolute Gasteiger partial charge is 0.206 e. The van der Waals surface area contributed by atoms with Gasteiger partial charge in [-0.05, 0) is 77.6 Å². The van der Waals surface area contributed by atoms with Crippen LogP contribution in [-0.2, 0) is 6.42 Å². The van der Waals surface area contributed by atoms with Gasteiger partial charge in [-0.1, -0.05) is 60.7 Å². The van der Waals surface area contributed by atoms with Crippen LogP contribution in [0.3, 0.4) is 0 Å². The average Bonchev–Trinajstić information content (AvgIpc) is 2.73. The van der Waals surface area contributed by atoms with Crippen LogP contribution < -0.4 is 0 Å². The van der Waals surface area contributed by atoms with Crippen molar-refractivity contribution in [3.8, 4) is 23.0 Å². The first kappa shape index (κ1) is 20.8. The highest BCUT2D eigenvalue weighted by molar-refractivity contribution is 5.88. The lowest BCUT2D eigenvalue weighted by Crippen LogP contribution is -1.96. The van der Waals surface area contributed by atoms with Gasteiger partial charge in [0.1, 0.15) is 17.5 Å². The minimum absolute atomic E-state index is 0.181. The Morgan fingerprint density at radius 3 is 1.94 bits per heavy atom. The van der Waals surface area contributed by atoms with Gasteiger partial charge in [-0.2, -0.15) is 0 Å². The van der Waals surface area contributed by atoms with Crippen LogP contribution >= 0.6 is 0 Å². The number of benzene rings is 4. The zero-order valence-electron chi connectivity index (χ0n) is 17.6. The number of rotatable bonds is 2.